The fraction of sp³-hybridized carbons (Fsp3) is 0.562. The largest absolute Gasteiger partial charge is 0.484 e. The smallest absolute Gasteiger partial charge is 0.260 e. The number of ether oxygens (including phenoxy) is 1. The minimum atomic E-state index is 0.0852. The Labute approximate surface area is 121 Å². The van der Waals surface area contributed by atoms with Crippen LogP contribution >= 0.6 is 0 Å². The molecule has 2 rings (SSSR count). The van der Waals surface area contributed by atoms with Crippen LogP contribution in [0.4, 0.5) is 0 Å². The average molecular weight is 276 g/mol. The molecule has 0 aliphatic carbocycles. The van der Waals surface area contributed by atoms with Crippen LogP contribution in [0.2, 0.25) is 0 Å². The van der Waals surface area contributed by atoms with E-state index >= 15 is 0 Å². The minimum absolute atomic E-state index is 0.0852. The lowest BCUT2D eigenvalue weighted by Crippen LogP contribution is -2.44. The number of hydrogen-bond donors (Lipinski definition) is 1. The van der Waals surface area contributed by atoms with Gasteiger partial charge in [0.05, 0.1) is 0 Å². The van der Waals surface area contributed by atoms with Gasteiger partial charge in [-0.1, -0.05) is 19.1 Å². The fourth-order valence-electron chi connectivity index (χ4n) is 2.59. The second-order valence-electron chi connectivity index (χ2n) is 5.34. The number of benzene rings is 1. The number of carbonyl (C=O) groups excluding carboxylic acids is 1. The zero-order chi connectivity index (χ0) is 14.4. The lowest BCUT2D eigenvalue weighted by molar-refractivity contribution is -0.135. The van der Waals surface area contributed by atoms with Crippen molar-refractivity contribution in [2.24, 2.45) is 0 Å². The molecule has 0 aromatic heterocycles. The van der Waals surface area contributed by atoms with Crippen molar-refractivity contribution in [3.05, 3.63) is 29.8 Å². The van der Waals surface area contributed by atoms with E-state index < -0.39 is 0 Å². The van der Waals surface area contributed by atoms with Crippen molar-refractivity contribution in [3.8, 4) is 5.75 Å². The van der Waals surface area contributed by atoms with E-state index in [4.69, 9.17) is 4.74 Å². The highest BCUT2D eigenvalue weighted by Gasteiger charge is 2.25. The van der Waals surface area contributed by atoms with Crippen molar-refractivity contribution >= 4 is 5.91 Å². The minimum Gasteiger partial charge on any atom is -0.484 e. The van der Waals surface area contributed by atoms with Gasteiger partial charge >= 0.3 is 0 Å². The number of carbonyl (C=O) groups is 1. The summed E-state index contributed by atoms with van der Waals surface area (Å²) >= 11 is 0. The molecular weight excluding hydrogens is 252 g/mol. The molecule has 1 aromatic carbocycles. The van der Waals surface area contributed by atoms with Crippen molar-refractivity contribution in [2.75, 3.05) is 26.2 Å². The monoisotopic (exact) mass is 276 g/mol. The summed E-state index contributed by atoms with van der Waals surface area (Å²) in [7, 11) is 0. The Kier molecular flexibility index (Phi) is 5.41. The first-order valence-electron chi connectivity index (χ1n) is 7.40. The maximum Gasteiger partial charge on any atom is 0.260 e. The first-order chi connectivity index (χ1) is 9.70. The van der Waals surface area contributed by atoms with E-state index in [1.165, 1.54) is 0 Å². The average Bonchev–Trinajstić information content (AvgIpc) is 2.96. The number of nitrogens with one attached hydrogen (secondary N) is 1. The molecule has 0 radical (unpaired) electrons. The van der Waals surface area contributed by atoms with Crippen LogP contribution in [0.25, 0.3) is 0 Å². The number of nitrogens with zero attached hydrogens (tertiary/aromatic N) is 1. The maximum atomic E-state index is 12.4. The number of hydrogen-bond acceptors (Lipinski definition) is 3. The van der Waals surface area contributed by atoms with Crippen molar-refractivity contribution in [2.45, 2.75) is 32.7 Å². The Morgan fingerprint density at radius 1 is 1.50 bits per heavy atom. The summed E-state index contributed by atoms with van der Waals surface area (Å²) in [5.41, 5.74) is 1.14. The second kappa shape index (κ2) is 7.29. The van der Waals surface area contributed by atoms with Crippen LogP contribution in [0.15, 0.2) is 24.3 Å². The van der Waals surface area contributed by atoms with Gasteiger partial charge in [0.15, 0.2) is 6.61 Å². The zero-order valence-electron chi connectivity index (χ0n) is 12.4. The van der Waals surface area contributed by atoms with Gasteiger partial charge in [-0.05, 0) is 44.0 Å². The molecule has 1 aliphatic rings. The molecule has 1 aromatic rings. The Morgan fingerprint density at radius 3 is 3.00 bits per heavy atom. The van der Waals surface area contributed by atoms with Gasteiger partial charge in [-0.25, -0.2) is 0 Å². The summed E-state index contributed by atoms with van der Waals surface area (Å²) < 4.78 is 5.62. The predicted octanol–water partition coefficient (Wildman–Crippen LogP) is 1.97. The van der Waals surface area contributed by atoms with Crippen LogP contribution in [0.1, 0.15) is 25.3 Å². The summed E-state index contributed by atoms with van der Waals surface area (Å²) in [6.45, 7) is 6.95. The maximum absolute atomic E-state index is 12.4. The molecule has 1 amide bonds. The lowest BCUT2D eigenvalue weighted by Gasteiger charge is -2.28. The Bertz CT molecular complexity index is 442. The highest BCUT2D eigenvalue weighted by molar-refractivity contribution is 5.78. The van der Waals surface area contributed by atoms with E-state index in [0.717, 1.165) is 43.8 Å². The molecular formula is C16H24N2O2. The molecule has 4 heteroatoms. The molecule has 20 heavy (non-hydrogen) atoms. The van der Waals surface area contributed by atoms with Gasteiger partial charge in [-0.2, -0.15) is 0 Å². The van der Waals surface area contributed by atoms with Gasteiger partial charge in [-0.3, -0.25) is 4.79 Å². The molecule has 1 unspecified atom stereocenters. The van der Waals surface area contributed by atoms with Crippen LogP contribution in [0, 0.1) is 6.92 Å². The third-order valence-corrected chi connectivity index (χ3v) is 3.61. The van der Waals surface area contributed by atoms with Gasteiger partial charge in [0.25, 0.3) is 5.91 Å². The molecule has 0 spiro atoms. The third kappa shape index (κ3) is 3.97. The molecule has 4 nitrogen and oxygen atoms in total. The van der Waals surface area contributed by atoms with Crippen molar-refractivity contribution in [3.63, 3.8) is 0 Å². The molecule has 1 N–H and O–H groups in total. The molecule has 1 atom stereocenters. The molecule has 110 valence electrons. The molecule has 0 bridgehead atoms. The first kappa shape index (κ1) is 14.9. The van der Waals surface area contributed by atoms with E-state index in [2.05, 4.69) is 12.2 Å². The normalized spacial score (nSPS) is 18.0. The molecule has 1 aliphatic heterocycles. The topological polar surface area (TPSA) is 41.6 Å². The predicted molar refractivity (Wildman–Crippen MR) is 80.0 cm³/mol. The van der Waals surface area contributed by atoms with E-state index in [-0.39, 0.29) is 12.5 Å². The number of amides is 1. The van der Waals surface area contributed by atoms with Gasteiger partial charge in [0, 0.05) is 19.1 Å². The summed E-state index contributed by atoms with van der Waals surface area (Å²) in [6.07, 6.45) is 2.02. The van der Waals surface area contributed by atoms with E-state index in [9.17, 15) is 4.79 Å². The number of rotatable bonds is 6. The highest BCUT2D eigenvalue weighted by Crippen LogP contribution is 2.14. The highest BCUT2D eigenvalue weighted by atomic mass is 16.5. The summed E-state index contributed by atoms with van der Waals surface area (Å²) in [5, 5.41) is 3.31. The van der Waals surface area contributed by atoms with Gasteiger partial charge in [0.2, 0.25) is 0 Å². The standard InChI is InChI=1S/C16H24N2O2/c1-3-9-18(14-7-8-17-11-14)16(19)12-20-15-6-4-5-13(2)10-15/h4-6,10,14,17H,3,7-9,11-12H2,1-2H3. The van der Waals surface area contributed by atoms with E-state index in [1.54, 1.807) is 0 Å². The van der Waals surface area contributed by atoms with Crippen LogP contribution in [0.3, 0.4) is 0 Å². The Hall–Kier alpha value is -1.55. The molecule has 1 fully saturated rings. The first-order valence-corrected chi connectivity index (χ1v) is 7.40. The van der Waals surface area contributed by atoms with Crippen LogP contribution in [0.5, 0.6) is 5.75 Å². The summed E-state index contributed by atoms with van der Waals surface area (Å²) in [6, 6.07) is 8.13. The van der Waals surface area contributed by atoms with Crippen molar-refractivity contribution in [1.82, 2.24) is 10.2 Å². The van der Waals surface area contributed by atoms with E-state index in [1.807, 2.05) is 36.1 Å². The van der Waals surface area contributed by atoms with Gasteiger partial charge < -0.3 is 15.0 Å². The quantitative estimate of drug-likeness (QED) is 0.864. The Morgan fingerprint density at radius 2 is 2.35 bits per heavy atom. The van der Waals surface area contributed by atoms with Gasteiger partial charge in [-0.15, -0.1) is 0 Å². The van der Waals surface area contributed by atoms with Crippen molar-refractivity contribution in [1.29, 1.82) is 0 Å². The third-order valence-electron chi connectivity index (χ3n) is 3.61. The summed E-state index contributed by atoms with van der Waals surface area (Å²) in [5.74, 6) is 0.849. The molecule has 1 saturated heterocycles. The van der Waals surface area contributed by atoms with Crippen molar-refractivity contribution < 1.29 is 9.53 Å². The number of aryl methyl sites for hydroxylation is 1. The second-order valence-corrected chi connectivity index (χ2v) is 5.34. The zero-order valence-corrected chi connectivity index (χ0v) is 12.4. The Balaban J connectivity index is 1.91. The fourth-order valence-corrected chi connectivity index (χ4v) is 2.59. The molecule has 0 saturated carbocycles. The van der Waals surface area contributed by atoms with Gasteiger partial charge in [0.1, 0.15) is 5.75 Å². The van der Waals surface area contributed by atoms with Crippen LogP contribution in [-0.2, 0) is 4.79 Å². The van der Waals surface area contributed by atoms with Crippen LogP contribution < -0.4 is 10.1 Å². The molecule has 1 heterocycles. The van der Waals surface area contributed by atoms with E-state index in [0.29, 0.717) is 6.04 Å². The lowest BCUT2D eigenvalue weighted by atomic mass is 10.2. The van der Waals surface area contributed by atoms with Crippen LogP contribution in [-0.4, -0.2) is 43.1 Å². The summed E-state index contributed by atoms with van der Waals surface area (Å²) in [4.78, 5) is 14.3. The SMILES string of the molecule is CCCN(C(=O)COc1cccc(C)c1)C1CCNC1.